The number of sulfonamides is 1. The van der Waals surface area contributed by atoms with E-state index in [9.17, 15) is 22.4 Å². The van der Waals surface area contributed by atoms with E-state index in [1.807, 2.05) is 0 Å². The number of carbonyl (C=O) groups excluding carboxylic acids is 2. The smallest absolute Gasteiger partial charge is 0.340 e. The van der Waals surface area contributed by atoms with Gasteiger partial charge in [-0.25, -0.2) is 17.6 Å². The normalized spacial score (nSPS) is 16.1. The number of hydrogen-bond acceptors (Lipinski definition) is 6. The van der Waals surface area contributed by atoms with Crippen LogP contribution in [-0.2, 0) is 32.5 Å². The maximum Gasteiger partial charge on any atom is 0.340 e. The number of anilines is 1. The Labute approximate surface area is 196 Å². The fourth-order valence-electron chi connectivity index (χ4n) is 4.18. The van der Waals surface area contributed by atoms with Crippen molar-refractivity contribution in [3.63, 3.8) is 0 Å². The van der Waals surface area contributed by atoms with Crippen LogP contribution >= 0.6 is 11.3 Å². The largest absolute Gasteiger partial charge is 0.465 e. The molecule has 2 heterocycles. The van der Waals surface area contributed by atoms with Crippen LogP contribution in [0, 0.1) is 5.82 Å². The number of carbonyl (C=O) groups is 2. The summed E-state index contributed by atoms with van der Waals surface area (Å²) in [4.78, 5) is 27.8. The minimum Gasteiger partial charge on any atom is -0.465 e. The summed E-state index contributed by atoms with van der Waals surface area (Å²) in [6.07, 6.45) is 7.08. The summed E-state index contributed by atoms with van der Waals surface area (Å²) in [5, 5.41) is 0. The molecule has 2 aromatic rings. The predicted octanol–water partition coefficient (Wildman–Crippen LogP) is 4.25. The fraction of sp³-hybridized carbons (Fsp3) is 0.391. The van der Waals surface area contributed by atoms with Crippen molar-refractivity contribution in [1.29, 1.82) is 0 Å². The molecule has 0 radical (unpaired) electrons. The van der Waals surface area contributed by atoms with Crippen molar-refractivity contribution < 1.29 is 27.1 Å². The second kappa shape index (κ2) is 9.64. The van der Waals surface area contributed by atoms with Crippen LogP contribution in [0.25, 0.3) is 0 Å². The molecule has 10 heteroatoms. The summed E-state index contributed by atoms with van der Waals surface area (Å²) < 4.78 is 46.6. The second-order valence-corrected chi connectivity index (χ2v) is 11.1. The Bertz CT molecular complexity index is 1200. The molecule has 0 fully saturated rings. The molecule has 0 saturated carbocycles. The van der Waals surface area contributed by atoms with E-state index in [1.165, 1.54) is 19.2 Å². The maximum atomic E-state index is 13.2. The van der Waals surface area contributed by atoms with Crippen LogP contribution in [0.5, 0.6) is 0 Å². The predicted molar refractivity (Wildman–Crippen MR) is 123 cm³/mol. The van der Waals surface area contributed by atoms with E-state index in [-0.39, 0.29) is 27.9 Å². The second-order valence-electron chi connectivity index (χ2n) is 8.12. The SMILES string of the molecule is COC(=O)c1c(S(=O)(=O)Nc2ccc(F)cc2)sc2c1CCN(C(=O)CC1=CCCCC1)C2. The Hall–Kier alpha value is -2.72. The van der Waals surface area contributed by atoms with Gasteiger partial charge in [0.2, 0.25) is 5.91 Å². The Morgan fingerprint density at radius 3 is 2.61 bits per heavy atom. The highest BCUT2D eigenvalue weighted by Gasteiger charge is 2.35. The van der Waals surface area contributed by atoms with Crippen LogP contribution in [0.1, 0.15) is 52.9 Å². The van der Waals surface area contributed by atoms with Crippen LogP contribution in [0.15, 0.2) is 40.1 Å². The number of allylic oxidation sites excluding steroid dienone is 1. The summed E-state index contributed by atoms with van der Waals surface area (Å²) in [5.41, 5.74) is 1.95. The molecule has 4 rings (SSSR count). The average molecular weight is 493 g/mol. The third-order valence-corrected chi connectivity index (χ3v) is 8.99. The van der Waals surface area contributed by atoms with E-state index >= 15 is 0 Å². The van der Waals surface area contributed by atoms with E-state index in [4.69, 9.17) is 4.74 Å². The summed E-state index contributed by atoms with van der Waals surface area (Å²) in [5.74, 6) is -1.22. The zero-order chi connectivity index (χ0) is 23.6. The van der Waals surface area contributed by atoms with E-state index in [1.54, 1.807) is 4.90 Å². The molecular formula is C23H25FN2O5S2. The highest BCUT2D eigenvalue weighted by Crippen LogP contribution is 2.38. The molecule has 0 bridgehead atoms. The lowest BCUT2D eigenvalue weighted by molar-refractivity contribution is -0.131. The van der Waals surface area contributed by atoms with Crippen molar-refractivity contribution in [2.45, 2.75) is 49.3 Å². The van der Waals surface area contributed by atoms with Gasteiger partial charge in [-0.05, 0) is 61.9 Å². The van der Waals surface area contributed by atoms with E-state index in [0.717, 1.165) is 54.7 Å². The quantitative estimate of drug-likeness (QED) is 0.481. The minimum atomic E-state index is -4.13. The Kier molecular flexibility index (Phi) is 6.85. The van der Waals surface area contributed by atoms with Crippen LogP contribution in [0.3, 0.4) is 0 Å². The molecule has 1 aliphatic carbocycles. The standard InChI is InChI=1S/C23H25FN2O5S2/c1-31-22(28)21-18-11-12-26(20(27)13-15-5-3-2-4-6-15)14-19(18)32-23(21)33(29,30)25-17-9-7-16(24)8-10-17/h5,7-10,25H,2-4,6,11-14H2,1H3. The van der Waals surface area contributed by atoms with Crippen molar-refractivity contribution in [3.05, 3.63) is 57.7 Å². The molecule has 33 heavy (non-hydrogen) atoms. The molecule has 0 atom stereocenters. The van der Waals surface area contributed by atoms with Gasteiger partial charge < -0.3 is 9.64 Å². The van der Waals surface area contributed by atoms with Crippen molar-refractivity contribution >= 4 is 38.9 Å². The van der Waals surface area contributed by atoms with Gasteiger partial charge in [-0.2, -0.15) is 0 Å². The van der Waals surface area contributed by atoms with Crippen LogP contribution in [0.2, 0.25) is 0 Å². The highest BCUT2D eigenvalue weighted by atomic mass is 32.2. The Balaban J connectivity index is 1.61. The van der Waals surface area contributed by atoms with Crippen LogP contribution < -0.4 is 4.72 Å². The molecular weight excluding hydrogens is 467 g/mol. The molecule has 1 aromatic heterocycles. The number of halogens is 1. The third kappa shape index (κ3) is 5.11. The number of nitrogens with one attached hydrogen (secondary N) is 1. The van der Waals surface area contributed by atoms with Crippen LogP contribution in [0.4, 0.5) is 10.1 Å². The van der Waals surface area contributed by atoms with Gasteiger partial charge in [0.15, 0.2) is 4.21 Å². The monoisotopic (exact) mass is 492 g/mol. The van der Waals surface area contributed by atoms with Gasteiger partial charge >= 0.3 is 5.97 Å². The number of benzene rings is 1. The van der Waals surface area contributed by atoms with E-state index < -0.39 is 21.8 Å². The molecule has 1 N–H and O–H groups in total. The summed E-state index contributed by atoms with van der Waals surface area (Å²) in [6.45, 7) is 0.660. The topological polar surface area (TPSA) is 92.8 Å². The van der Waals surface area contributed by atoms with Crippen molar-refractivity contribution in [2.75, 3.05) is 18.4 Å². The highest BCUT2D eigenvalue weighted by molar-refractivity contribution is 7.94. The van der Waals surface area contributed by atoms with Gasteiger partial charge in [0.25, 0.3) is 10.0 Å². The molecule has 0 unspecified atom stereocenters. The molecule has 1 amide bonds. The number of methoxy groups -OCH3 is 1. The Morgan fingerprint density at radius 1 is 1.18 bits per heavy atom. The van der Waals surface area contributed by atoms with Crippen LogP contribution in [-0.4, -0.2) is 38.8 Å². The number of thiophene rings is 1. The fourth-order valence-corrected chi connectivity index (χ4v) is 7.14. The molecule has 1 aliphatic heterocycles. The number of rotatable bonds is 6. The lowest BCUT2D eigenvalue weighted by atomic mass is 9.96. The molecule has 1 aromatic carbocycles. The van der Waals surface area contributed by atoms with Crippen molar-refractivity contribution in [3.8, 4) is 0 Å². The number of nitrogens with zero attached hydrogens (tertiary/aromatic N) is 1. The average Bonchev–Trinajstić information content (AvgIpc) is 3.20. The zero-order valence-electron chi connectivity index (χ0n) is 18.2. The lowest BCUT2D eigenvalue weighted by Crippen LogP contribution is -2.36. The van der Waals surface area contributed by atoms with E-state index in [0.29, 0.717) is 29.8 Å². The van der Waals surface area contributed by atoms with Gasteiger partial charge in [0.1, 0.15) is 5.82 Å². The summed E-state index contributed by atoms with van der Waals surface area (Å²) in [7, 11) is -2.93. The maximum absolute atomic E-state index is 13.2. The number of hydrogen-bond donors (Lipinski definition) is 1. The molecule has 0 saturated heterocycles. The van der Waals surface area contributed by atoms with Crippen molar-refractivity contribution in [2.24, 2.45) is 0 Å². The first-order valence-electron chi connectivity index (χ1n) is 10.8. The van der Waals surface area contributed by atoms with Gasteiger partial charge in [0, 0.05) is 23.5 Å². The number of fused-ring (bicyclic) bond motifs is 1. The zero-order valence-corrected chi connectivity index (χ0v) is 19.9. The van der Waals surface area contributed by atoms with Gasteiger partial charge in [-0.1, -0.05) is 11.6 Å². The summed E-state index contributed by atoms with van der Waals surface area (Å²) in [6, 6.07) is 4.89. The number of amides is 1. The van der Waals surface area contributed by atoms with Crippen molar-refractivity contribution in [1.82, 2.24) is 4.90 Å². The Morgan fingerprint density at radius 2 is 1.94 bits per heavy atom. The summed E-state index contributed by atoms with van der Waals surface area (Å²) >= 11 is 0.968. The first-order chi connectivity index (χ1) is 15.8. The lowest BCUT2D eigenvalue weighted by Gasteiger charge is -2.28. The van der Waals surface area contributed by atoms with E-state index in [2.05, 4.69) is 10.8 Å². The number of ether oxygens (including phenoxy) is 1. The first-order valence-corrected chi connectivity index (χ1v) is 13.1. The molecule has 7 nitrogen and oxygen atoms in total. The first kappa shape index (κ1) is 23.4. The third-order valence-electron chi connectivity index (χ3n) is 5.87. The molecule has 176 valence electrons. The van der Waals surface area contributed by atoms with Gasteiger partial charge in [-0.15, -0.1) is 11.3 Å². The van der Waals surface area contributed by atoms with Gasteiger partial charge in [-0.3, -0.25) is 9.52 Å². The minimum absolute atomic E-state index is 0.00852. The molecule has 0 spiro atoms. The van der Waals surface area contributed by atoms with Gasteiger partial charge in [0.05, 0.1) is 19.2 Å². The number of esters is 1. The molecule has 2 aliphatic rings.